The Kier molecular flexibility index (Phi) is 3.73. The van der Waals surface area contributed by atoms with Crippen molar-refractivity contribution in [2.24, 2.45) is 0 Å². The number of benzene rings is 1. The number of hydrogen-bond donors (Lipinski definition) is 1. The minimum absolute atomic E-state index is 0.757. The summed E-state index contributed by atoms with van der Waals surface area (Å²) >= 11 is 0. The van der Waals surface area contributed by atoms with Gasteiger partial charge in [0.1, 0.15) is 0 Å². The van der Waals surface area contributed by atoms with E-state index in [0.717, 1.165) is 54.4 Å². The molecule has 6 nitrogen and oxygen atoms in total. The normalized spacial score (nSPS) is 14.9. The SMILES string of the molecule is c1cc(N2CCOCC2)c(Nc2ccc3nccnc3c2)cn1. The Morgan fingerprint density at radius 1 is 0.957 bits per heavy atom. The van der Waals surface area contributed by atoms with Crippen LogP contribution in [0.5, 0.6) is 0 Å². The molecule has 4 rings (SSSR count). The first-order valence-electron chi connectivity index (χ1n) is 7.65. The Hall–Kier alpha value is -2.73. The Bertz CT molecular complexity index is 817. The quantitative estimate of drug-likeness (QED) is 0.802. The molecule has 1 saturated heterocycles. The van der Waals surface area contributed by atoms with Crippen LogP contribution in [-0.4, -0.2) is 41.3 Å². The van der Waals surface area contributed by atoms with E-state index in [0.29, 0.717) is 0 Å². The van der Waals surface area contributed by atoms with Crippen LogP contribution in [0.25, 0.3) is 11.0 Å². The van der Waals surface area contributed by atoms with E-state index in [-0.39, 0.29) is 0 Å². The van der Waals surface area contributed by atoms with Gasteiger partial charge in [0, 0.05) is 37.4 Å². The second-order valence-electron chi connectivity index (χ2n) is 5.38. The van der Waals surface area contributed by atoms with E-state index in [9.17, 15) is 0 Å². The number of aromatic nitrogens is 3. The van der Waals surface area contributed by atoms with Crippen molar-refractivity contribution in [1.29, 1.82) is 0 Å². The van der Waals surface area contributed by atoms with Crippen molar-refractivity contribution >= 4 is 28.1 Å². The van der Waals surface area contributed by atoms with Gasteiger partial charge in [-0.05, 0) is 24.3 Å². The van der Waals surface area contributed by atoms with Crippen LogP contribution in [0.15, 0.2) is 49.1 Å². The summed E-state index contributed by atoms with van der Waals surface area (Å²) in [6.07, 6.45) is 7.08. The molecule has 23 heavy (non-hydrogen) atoms. The van der Waals surface area contributed by atoms with E-state index in [1.54, 1.807) is 12.4 Å². The van der Waals surface area contributed by atoms with Crippen molar-refractivity contribution in [1.82, 2.24) is 15.0 Å². The molecule has 0 aliphatic carbocycles. The fraction of sp³-hybridized carbons (Fsp3) is 0.235. The maximum atomic E-state index is 5.43. The largest absolute Gasteiger partial charge is 0.378 e. The number of nitrogens with zero attached hydrogens (tertiary/aromatic N) is 4. The monoisotopic (exact) mass is 307 g/mol. The zero-order valence-electron chi connectivity index (χ0n) is 12.6. The standard InChI is InChI=1S/C17H17N5O/c1-2-14-15(20-6-5-19-14)11-13(1)21-16-12-18-4-3-17(16)22-7-9-23-10-8-22/h1-6,11-12,21H,7-10H2. The lowest BCUT2D eigenvalue weighted by Gasteiger charge is -2.30. The highest BCUT2D eigenvalue weighted by Crippen LogP contribution is 2.29. The zero-order chi connectivity index (χ0) is 15.5. The number of hydrogen-bond acceptors (Lipinski definition) is 6. The predicted octanol–water partition coefficient (Wildman–Crippen LogP) is 2.61. The van der Waals surface area contributed by atoms with Crippen molar-refractivity contribution < 1.29 is 4.74 Å². The minimum atomic E-state index is 0.757. The molecule has 6 heteroatoms. The minimum Gasteiger partial charge on any atom is -0.378 e. The molecule has 0 unspecified atom stereocenters. The first kappa shape index (κ1) is 13.9. The van der Waals surface area contributed by atoms with Gasteiger partial charge in [-0.2, -0.15) is 0 Å². The number of fused-ring (bicyclic) bond motifs is 1. The summed E-state index contributed by atoms with van der Waals surface area (Å²) in [6.45, 7) is 3.30. The summed E-state index contributed by atoms with van der Waals surface area (Å²) < 4.78 is 5.43. The third-order valence-electron chi connectivity index (χ3n) is 3.90. The third kappa shape index (κ3) is 2.93. The fourth-order valence-corrected chi connectivity index (χ4v) is 2.76. The molecule has 0 bridgehead atoms. The van der Waals surface area contributed by atoms with Crippen LogP contribution in [0, 0.1) is 0 Å². The molecule has 3 heterocycles. The van der Waals surface area contributed by atoms with Gasteiger partial charge in [-0.3, -0.25) is 15.0 Å². The van der Waals surface area contributed by atoms with E-state index in [1.165, 1.54) is 0 Å². The van der Waals surface area contributed by atoms with Gasteiger partial charge in [-0.25, -0.2) is 0 Å². The van der Waals surface area contributed by atoms with Gasteiger partial charge in [-0.15, -0.1) is 0 Å². The Balaban J connectivity index is 1.64. The molecule has 0 spiro atoms. The summed E-state index contributed by atoms with van der Waals surface area (Å²) in [7, 11) is 0. The highest BCUT2D eigenvalue weighted by molar-refractivity contribution is 5.82. The number of ether oxygens (including phenoxy) is 1. The van der Waals surface area contributed by atoms with Crippen LogP contribution in [0.1, 0.15) is 0 Å². The molecule has 116 valence electrons. The average Bonchev–Trinajstić information content (AvgIpc) is 2.63. The molecule has 0 amide bonds. The second kappa shape index (κ2) is 6.18. The molecule has 1 N–H and O–H groups in total. The van der Waals surface area contributed by atoms with Gasteiger partial charge < -0.3 is 15.0 Å². The average molecular weight is 307 g/mol. The van der Waals surface area contributed by atoms with Crippen LogP contribution in [0.4, 0.5) is 17.1 Å². The van der Waals surface area contributed by atoms with Crippen LogP contribution in [-0.2, 0) is 4.74 Å². The van der Waals surface area contributed by atoms with Crippen molar-refractivity contribution in [2.75, 3.05) is 36.5 Å². The lowest BCUT2D eigenvalue weighted by molar-refractivity contribution is 0.123. The molecule has 0 saturated carbocycles. The molecule has 0 atom stereocenters. The molecule has 1 aliphatic rings. The van der Waals surface area contributed by atoms with Gasteiger partial charge in [0.05, 0.1) is 41.8 Å². The van der Waals surface area contributed by atoms with E-state index in [4.69, 9.17) is 4.74 Å². The fourth-order valence-electron chi connectivity index (χ4n) is 2.76. The topological polar surface area (TPSA) is 63.2 Å². The van der Waals surface area contributed by atoms with E-state index in [1.807, 2.05) is 36.7 Å². The highest BCUT2D eigenvalue weighted by atomic mass is 16.5. The first-order chi connectivity index (χ1) is 11.4. The number of rotatable bonds is 3. The molecule has 1 aromatic carbocycles. The molecule has 2 aromatic heterocycles. The third-order valence-corrected chi connectivity index (χ3v) is 3.90. The lowest BCUT2D eigenvalue weighted by atomic mass is 10.2. The maximum absolute atomic E-state index is 5.43. The van der Waals surface area contributed by atoms with Gasteiger partial charge in [0.25, 0.3) is 0 Å². The van der Waals surface area contributed by atoms with Gasteiger partial charge in [0.2, 0.25) is 0 Å². The Morgan fingerprint density at radius 2 is 1.78 bits per heavy atom. The number of nitrogens with one attached hydrogen (secondary N) is 1. The van der Waals surface area contributed by atoms with Crippen LogP contribution in [0.2, 0.25) is 0 Å². The summed E-state index contributed by atoms with van der Waals surface area (Å²) in [6, 6.07) is 8.01. The number of pyridine rings is 1. The van der Waals surface area contributed by atoms with Crippen LogP contribution in [0.3, 0.4) is 0 Å². The van der Waals surface area contributed by atoms with Crippen molar-refractivity contribution in [3.63, 3.8) is 0 Å². The predicted molar refractivity (Wildman–Crippen MR) is 90.1 cm³/mol. The van der Waals surface area contributed by atoms with Gasteiger partial charge in [0.15, 0.2) is 0 Å². The number of morpholine rings is 1. The Labute approximate surface area is 134 Å². The summed E-state index contributed by atoms with van der Waals surface area (Å²) in [4.78, 5) is 15.2. The van der Waals surface area contributed by atoms with Crippen LogP contribution < -0.4 is 10.2 Å². The molecule has 1 fully saturated rings. The highest BCUT2D eigenvalue weighted by Gasteiger charge is 2.15. The molecule has 1 aliphatic heterocycles. The van der Waals surface area contributed by atoms with E-state index < -0.39 is 0 Å². The first-order valence-corrected chi connectivity index (χ1v) is 7.65. The summed E-state index contributed by atoms with van der Waals surface area (Å²) in [5.41, 5.74) is 4.85. The smallest absolute Gasteiger partial charge is 0.0907 e. The van der Waals surface area contributed by atoms with E-state index >= 15 is 0 Å². The van der Waals surface area contributed by atoms with Crippen molar-refractivity contribution in [3.8, 4) is 0 Å². The second-order valence-corrected chi connectivity index (χ2v) is 5.38. The van der Waals surface area contributed by atoms with E-state index in [2.05, 4.69) is 25.2 Å². The van der Waals surface area contributed by atoms with Gasteiger partial charge in [-0.1, -0.05) is 0 Å². The summed E-state index contributed by atoms with van der Waals surface area (Å²) in [5, 5.41) is 3.45. The molecule has 0 radical (unpaired) electrons. The van der Waals surface area contributed by atoms with Crippen molar-refractivity contribution in [3.05, 3.63) is 49.1 Å². The van der Waals surface area contributed by atoms with Crippen molar-refractivity contribution in [2.45, 2.75) is 0 Å². The number of anilines is 3. The Morgan fingerprint density at radius 3 is 2.65 bits per heavy atom. The molecular weight excluding hydrogens is 290 g/mol. The summed E-state index contributed by atoms with van der Waals surface area (Å²) in [5.74, 6) is 0. The van der Waals surface area contributed by atoms with Crippen LogP contribution >= 0.6 is 0 Å². The molecule has 3 aromatic rings. The molecular formula is C17H17N5O. The van der Waals surface area contributed by atoms with Gasteiger partial charge >= 0.3 is 0 Å². The zero-order valence-corrected chi connectivity index (χ0v) is 12.6. The lowest BCUT2D eigenvalue weighted by Crippen LogP contribution is -2.36. The maximum Gasteiger partial charge on any atom is 0.0907 e.